The molecule has 0 aliphatic heterocycles. The van der Waals surface area contributed by atoms with E-state index in [-0.39, 0.29) is 5.78 Å². The minimum absolute atomic E-state index is 0.0265. The summed E-state index contributed by atoms with van der Waals surface area (Å²) in [7, 11) is 1.61. The van der Waals surface area contributed by atoms with E-state index in [0.29, 0.717) is 5.56 Å². The zero-order chi connectivity index (χ0) is 11.1. The molecule has 15 heavy (non-hydrogen) atoms. The van der Waals surface area contributed by atoms with Crippen LogP contribution in [0.1, 0.15) is 17.3 Å². The molecule has 80 valence electrons. The highest BCUT2D eigenvalue weighted by Gasteiger charge is 2.00. The van der Waals surface area contributed by atoms with Gasteiger partial charge in [0.2, 0.25) is 0 Å². The molecule has 2 nitrogen and oxygen atoms in total. The van der Waals surface area contributed by atoms with Gasteiger partial charge in [0.25, 0.3) is 0 Å². The topological polar surface area (TPSA) is 26.3 Å². The van der Waals surface area contributed by atoms with Gasteiger partial charge in [-0.25, -0.2) is 0 Å². The highest BCUT2D eigenvalue weighted by Crippen LogP contribution is 2.12. The number of methoxy groups -OCH3 is 1. The lowest BCUT2D eigenvalue weighted by Gasteiger charge is -1.99. The van der Waals surface area contributed by atoms with Crippen molar-refractivity contribution in [1.82, 2.24) is 0 Å². The molecule has 1 aromatic rings. The standard InChI is InChI=1S/C12H14O2S/c1-3-15-9-8-12(13)10-4-6-11(14-2)7-5-10/h4-9H,3H2,1-2H3. The van der Waals surface area contributed by atoms with Gasteiger partial charge in [0.1, 0.15) is 5.75 Å². The maximum Gasteiger partial charge on any atom is 0.186 e. The van der Waals surface area contributed by atoms with Gasteiger partial charge in [0, 0.05) is 5.56 Å². The second kappa shape index (κ2) is 6.30. The van der Waals surface area contributed by atoms with Crippen molar-refractivity contribution in [3.05, 3.63) is 41.3 Å². The highest BCUT2D eigenvalue weighted by atomic mass is 32.2. The van der Waals surface area contributed by atoms with Crippen LogP contribution in [0.25, 0.3) is 0 Å². The smallest absolute Gasteiger partial charge is 0.186 e. The number of carbonyl (C=O) groups excluding carboxylic acids is 1. The Balaban J connectivity index is 2.66. The van der Waals surface area contributed by atoms with Gasteiger partial charge in [0.05, 0.1) is 7.11 Å². The lowest BCUT2D eigenvalue weighted by atomic mass is 10.1. The van der Waals surface area contributed by atoms with Crippen molar-refractivity contribution in [3.63, 3.8) is 0 Å². The third-order valence-electron chi connectivity index (χ3n) is 1.86. The molecule has 0 spiro atoms. The summed E-state index contributed by atoms with van der Waals surface area (Å²) in [5.41, 5.74) is 0.684. The quantitative estimate of drug-likeness (QED) is 0.565. The van der Waals surface area contributed by atoms with Crippen molar-refractivity contribution in [1.29, 1.82) is 0 Å². The summed E-state index contributed by atoms with van der Waals surface area (Å²) in [5.74, 6) is 1.77. The molecule has 0 fully saturated rings. The minimum atomic E-state index is 0.0265. The van der Waals surface area contributed by atoms with Gasteiger partial charge < -0.3 is 4.74 Å². The molecule has 0 N–H and O–H groups in total. The van der Waals surface area contributed by atoms with Crippen LogP contribution in [-0.2, 0) is 0 Å². The maximum atomic E-state index is 11.6. The number of hydrogen-bond donors (Lipinski definition) is 0. The SMILES string of the molecule is CCSC=CC(=O)c1ccc(OC)cc1. The van der Waals surface area contributed by atoms with Crippen LogP contribution in [0.4, 0.5) is 0 Å². The second-order valence-electron chi connectivity index (χ2n) is 2.85. The highest BCUT2D eigenvalue weighted by molar-refractivity contribution is 8.02. The molecule has 3 heteroatoms. The Hall–Kier alpha value is -1.22. The van der Waals surface area contributed by atoms with Crippen LogP contribution < -0.4 is 4.74 Å². The van der Waals surface area contributed by atoms with Gasteiger partial charge in [0.15, 0.2) is 5.78 Å². The predicted molar refractivity (Wildman–Crippen MR) is 64.6 cm³/mol. The van der Waals surface area contributed by atoms with E-state index in [9.17, 15) is 4.79 Å². The van der Waals surface area contributed by atoms with E-state index >= 15 is 0 Å². The number of rotatable bonds is 5. The van der Waals surface area contributed by atoms with Crippen molar-refractivity contribution in [3.8, 4) is 5.75 Å². The normalized spacial score (nSPS) is 10.5. The summed E-state index contributed by atoms with van der Waals surface area (Å²) in [6.07, 6.45) is 1.59. The fourth-order valence-corrected chi connectivity index (χ4v) is 1.47. The van der Waals surface area contributed by atoms with Crippen molar-refractivity contribution in [2.45, 2.75) is 6.92 Å². The molecule has 0 atom stereocenters. The van der Waals surface area contributed by atoms with E-state index in [1.165, 1.54) is 0 Å². The number of thioether (sulfide) groups is 1. The molecular weight excluding hydrogens is 208 g/mol. The molecule has 0 amide bonds. The first kappa shape index (κ1) is 11.9. The molecule has 0 saturated heterocycles. The fourth-order valence-electron chi connectivity index (χ4n) is 1.06. The first-order chi connectivity index (χ1) is 7.27. The van der Waals surface area contributed by atoms with E-state index in [4.69, 9.17) is 4.74 Å². The molecule has 0 aliphatic carbocycles. The molecular formula is C12H14O2S. The molecule has 0 heterocycles. The summed E-state index contributed by atoms with van der Waals surface area (Å²) in [6.45, 7) is 2.05. The molecule has 0 aliphatic rings. The largest absolute Gasteiger partial charge is 0.497 e. The first-order valence-electron chi connectivity index (χ1n) is 4.74. The number of ketones is 1. The number of hydrogen-bond acceptors (Lipinski definition) is 3. The summed E-state index contributed by atoms with van der Waals surface area (Å²) < 4.78 is 5.01. The molecule has 0 saturated carbocycles. The Bertz CT molecular complexity index is 341. The molecule has 0 radical (unpaired) electrons. The van der Waals surface area contributed by atoms with Gasteiger partial charge in [-0.3, -0.25) is 4.79 Å². The molecule has 0 bridgehead atoms. The van der Waals surface area contributed by atoms with Crippen LogP contribution in [0, 0.1) is 0 Å². The van der Waals surface area contributed by atoms with E-state index in [1.54, 1.807) is 49.2 Å². The van der Waals surface area contributed by atoms with Crippen molar-refractivity contribution < 1.29 is 9.53 Å². The lowest BCUT2D eigenvalue weighted by Crippen LogP contribution is -1.93. The molecule has 0 aromatic heterocycles. The summed E-state index contributed by atoms with van der Waals surface area (Å²) in [6, 6.07) is 7.10. The predicted octanol–water partition coefficient (Wildman–Crippen LogP) is 3.14. The van der Waals surface area contributed by atoms with Gasteiger partial charge in [-0.2, -0.15) is 0 Å². The number of ether oxygens (including phenoxy) is 1. The van der Waals surface area contributed by atoms with Crippen LogP contribution in [0.5, 0.6) is 5.75 Å². The van der Waals surface area contributed by atoms with Crippen LogP contribution >= 0.6 is 11.8 Å². The Kier molecular flexibility index (Phi) is 4.98. The number of benzene rings is 1. The second-order valence-corrected chi connectivity index (χ2v) is 4.03. The fraction of sp³-hybridized carbons (Fsp3) is 0.250. The summed E-state index contributed by atoms with van der Waals surface area (Å²) >= 11 is 1.61. The summed E-state index contributed by atoms with van der Waals surface area (Å²) in [4.78, 5) is 11.6. The first-order valence-corrected chi connectivity index (χ1v) is 5.79. The zero-order valence-electron chi connectivity index (χ0n) is 8.90. The number of carbonyl (C=O) groups is 1. The summed E-state index contributed by atoms with van der Waals surface area (Å²) in [5, 5.41) is 1.83. The van der Waals surface area contributed by atoms with Crippen LogP contribution in [-0.4, -0.2) is 18.6 Å². The Morgan fingerprint density at radius 1 is 1.40 bits per heavy atom. The molecule has 1 aromatic carbocycles. The third kappa shape index (κ3) is 3.80. The van der Waals surface area contributed by atoms with E-state index < -0.39 is 0 Å². The minimum Gasteiger partial charge on any atom is -0.497 e. The third-order valence-corrected chi connectivity index (χ3v) is 2.52. The van der Waals surface area contributed by atoms with E-state index in [1.807, 2.05) is 12.3 Å². The Morgan fingerprint density at radius 2 is 2.07 bits per heavy atom. The Labute approximate surface area is 94.3 Å². The van der Waals surface area contributed by atoms with Crippen LogP contribution in [0.3, 0.4) is 0 Å². The monoisotopic (exact) mass is 222 g/mol. The van der Waals surface area contributed by atoms with Gasteiger partial charge in [-0.15, -0.1) is 11.8 Å². The molecule has 1 rings (SSSR count). The average Bonchev–Trinajstić information content (AvgIpc) is 2.29. The van der Waals surface area contributed by atoms with Crippen LogP contribution in [0.15, 0.2) is 35.7 Å². The molecule has 0 unspecified atom stereocenters. The zero-order valence-corrected chi connectivity index (χ0v) is 9.71. The number of allylic oxidation sites excluding steroid dienone is 1. The average molecular weight is 222 g/mol. The van der Waals surface area contributed by atoms with Gasteiger partial charge in [-0.05, 0) is 41.5 Å². The van der Waals surface area contributed by atoms with E-state index in [2.05, 4.69) is 0 Å². The van der Waals surface area contributed by atoms with Crippen LogP contribution in [0.2, 0.25) is 0 Å². The van der Waals surface area contributed by atoms with E-state index in [0.717, 1.165) is 11.5 Å². The van der Waals surface area contributed by atoms with Crippen molar-refractivity contribution in [2.75, 3.05) is 12.9 Å². The lowest BCUT2D eigenvalue weighted by molar-refractivity contribution is 0.104. The van der Waals surface area contributed by atoms with Gasteiger partial charge in [-0.1, -0.05) is 6.92 Å². The van der Waals surface area contributed by atoms with Crippen molar-refractivity contribution >= 4 is 17.5 Å². The Morgan fingerprint density at radius 3 is 2.60 bits per heavy atom. The maximum absolute atomic E-state index is 11.6. The van der Waals surface area contributed by atoms with Crippen molar-refractivity contribution in [2.24, 2.45) is 0 Å². The van der Waals surface area contributed by atoms with Gasteiger partial charge >= 0.3 is 0 Å².